The second-order valence-corrected chi connectivity index (χ2v) is 8.77. The molecule has 0 aliphatic carbocycles. The summed E-state index contributed by atoms with van der Waals surface area (Å²) in [6.45, 7) is 3.53. The number of rotatable bonds is 5. The molecule has 0 aromatic heterocycles. The molecular formula is C18H21Cl2N3O3S. The summed E-state index contributed by atoms with van der Waals surface area (Å²) in [4.78, 5) is 4.37. The van der Waals surface area contributed by atoms with Crippen molar-refractivity contribution < 1.29 is 13.2 Å². The fourth-order valence-electron chi connectivity index (χ4n) is 2.95. The fraction of sp³-hybridized carbons (Fsp3) is 0.333. The van der Waals surface area contributed by atoms with Crippen LogP contribution in [-0.2, 0) is 10.0 Å². The van der Waals surface area contributed by atoms with E-state index in [-0.39, 0.29) is 14.9 Å². The highest BCUT2D eigenvalue weighted by molar-refractivity contribution is 7.92. The van der Waals surface area contributed by atoms with Crippen molar-refractivity contribution in [3.8, 4) is 5.75 Å². The SMILES string of the molecule is COc1ccc(NS(=O)(=O)c2cccc(Cl)c2Cl)cc1N1CCN(C)CC1. The van der Waals surface area contributed by atoms with Crippen LogP contribution in [0.25, 0.3) is 0 Å². The zero-order valence-electron chi connectivity index (χ0n) is 15.1. The van der Waals surface area contributed by atoms with Gasteiger partial charge in [-0.3, -0.25) is 4.72 Å². The monoisotopic (exact) mass is 429 g/mol. The summed E-state index contributed by atoms with van der Waals surface area (Å²) in [5, 5.41) is 0.187. The van der Waals surface area contributed by atoms with Crippen molar-refractivity contribution in [2.24, 2.45) is 0 Å². The Morgan fingerprint density at radius 3 is 2.44 bits per heavy atom. The molecule has 0 amide bonds. The van der Waals surface area contributed by atoms with Gasteiger partial charge in [0, 0.05) is 26.2 Å². The quantitative estimate of drug-likeness (QED) is 0.786. The maximum absolute atomic E-state index is 12.8. The van der Waals surface area contributed by atoms with E-state index >= 15 is 0 Å². The molecule has 146 valence electrons. The third-order valence-corrected chi connectivity index (χ3v) is 6.84. The number of ether oxygens (including phenoxy) is 1. The predicted octanol–water partition coefficient (Wildman–Crippen LogP) is 3.55. The number of anilines is 2. The van der Waals surface area contributed by atoms with Crippen LogP contribution in [0.3, 0.4) is 0 Å². The first kappa shape index (κ1) is 20.1. The van der Waals surface area contributed by atoms with Crippen molar-refractivity contribution in [3.05, 3.63) is 46.4 Å². The summed E-state index contributed by atoms with van der Waals surface area (Å²) in [6.07, 6.45) is 0. The van der Waals surface area contributed by atoms with Gasteiger partial charge in [0.15, 0.2) is 0 Å². The van der Waals surface area contributed by atoms with E-state index in [4.69, 9.17) is 27.9 Å². The summed E-state index contributed by atoms with van der Waals surface area (Å²) in [5.41, 5.74) is 1.28. The van der Waals surface area contributed by atoms with Gasteiger partial charge in [0.2, 0.25) is 0 Å². The third-order valence-electron chi connectivity index (χ3n) is 4.48. The molecule has 0 atom stereocenters. The molecule has 2 aromatic carbocycles. The Kier molecular flexibility index (Phi) is 6.05. The standard InChI is InChI=1S/C18H21Cl2N3O3S/c1-22-8-10-23(11-9-22)15-12-13(6-7-16(15)26-2)21-27(24,25)17-5-3-4-14(19)18(17)20/h3-7,12,21H,8-11H2,1-2H3. The summed E-state index contributed by atoms with van der Waals surface area (Å²) in [5.74, 6) is 0.697. The van der Waals surface area contributed by atoms with E-state index in [1.54, 1.807) is 37.4 Å². The number of hydrogen-bond donors (Lipinski definition) is 1. The molecule has 1 saturated heterocycles. The van der Waals surface area contributed by atoms with Gasteiger partial charge < -0.3 is 14.5 Å². The Labute approximate surface area is 169 Å². The van der Waals surface area contributed by atoms with Gasteiger partial charge in [-0.2, -0.15) is 0 Å². The number of nitrogens with one attached hydrogen (secondary N) is 1. The minimum absolute atomic E-state index is 0.000491. The number of benzene rings is 2. The number of nitrogens with zero attached hydrogens (tertiary/aromatic N) is 2. The van der Waals surface area contributed by atoms with Crippen LogP contribution in [0.2, 0.25) is 10.0 Å². The highest BCUT2D eigenvalue weighted by Gasteiger charge is 2.22. The minimum Gasteiger partial charge on any atom is -0.495 e. The molecule has 0 bridgehead atoms. The van der Waals surface area contributed by atoms with E-state index < -0.39 is 10.0 Å². The van der Waals surface area contributed by atoms with Crippen LogP contribution in [0.1, 0.15) is 0 Å². The first-order valence-corrected chi connectivity index (χ1v) is 10.6. The van der Waals surface area contributed by atoms with Gasteiger partial charge in [-0.05, 0) is 37.4 Å². The molecule has 0 unspecified atom stereocenters. The lowest BCUT2D eigenvalue weighted by Crippen LogP contribution is -2.44. The van der Waals surface area contributed by atoms with E-state index in [1.165, 1.54) is 6.07 Å². The molecule has 27 heavy (non-hydrogen) atoms. The van der Waals surface area contributed by atoms with Crippen LogP contribution in [0, 0.1) is 0 Å². The molecule has 6 nitrogen and oxygen atoms in total. The summed E-state index contributed by atoms with van der Waals surface area (Å²) >= 11 is 12.0. The molecular weight excluding hydrogens is 409 g/mol. The number of likely N-dealkylation sites (N-methyl/N-ethyl adjacent to an activating group) is 1. The molecule has 1 aliphatic heterocycles. The van der Waals surface area contributed by atoms with Crippen LogP contribution in [0.4, 0.5) is 11.4 Å². The van der Waals surface area contributed by atoms with Crippen LogP contribution >= 0.6 is 23.2 Å². The van der Waals surface area contributed by atoms with Crippen molar-refractivity contribution >= 4 is 44.6 Å². The van der Waals surface area contributed by atoms with Gasteiger partial charge in [-0.1, -0.05) is 29.3 Å². The van der Waals surface area contributed by atoms with E-state index in [2.05, 4.69) is 21.6 Å². The average molecular weight is 430 g/mol. The van der Waals surface area contributed by atoms with Crippen molar-refractivity contribution in [1.29, 1.82) is 0 Å². The number of methoxy groups -OCH3 is 1. The first-order chi connectivity index (χ1) is 12.8. The number of hydrogen-bond acceptors (Lipinski definition) is 5. The Morgan fingerprint density at radius 1 is 1.07 bits per heavy atom. The van der Waals surface area contributed by atoms with Gasteiger partial charge >= 0.3 is 0 Å². The van der Waals surface area contributed by atoms with Crippen LogP contribution < -0.4 is 14.4 Å². The van der Waals surface area contributed by atoms with E-state index in [1.807, 2.05) is 0 Å². The lowest BCUT2D eigenvalue weighted by atomic mass is 10.2. The first-order valence-electron chi connectivity index (χ1n) is 8.40. The summed E-state index contributed by atoms with van der Waals surface area (Å²) < 4.78 is 33.5. The van der Waals surface area contributed by atoms with Crippen molar-refractivity contribution in [2.75, 3.05) is 50.0 Å². The normalized spacial score (nSPS) is 15.6. The van der Waals surface area contributed by atoms with Crippen LogP contribution in [-0.4, -0.2) is 53.7 Å². The lowest BCUT2D eigenvalue weighted by molar-refractivity contribution is 0.311. The molecule has 9 heteroatoms. The van der Waals surface area contributed by atoms with Crippen molar-refractivity contribution in [1.82, 2.24) is 4.90 Å². The third kappa shape index (κ3) is 4.43. The van der Waals surface area contributed by atoms with Gasteiger partial charge in [-0.25, -0.2) is 8.42 Å². The molecule has 1 N–H and O–H groups in total. The van der Waals surface area contributed by atoms with E-state index in [0.717, 1.165) is 31.9 Å². The zero-order chi connectivity index (χ0) is 19.6. The lowest BCUT2D eigenvalue weighted by Gasteiger charge is -2.35. The molecule has 1 aliphatic rings. The molecule has 1 heterocycles. The highest BCUT2D eigenvalue weighted by atomic mass is 35.5. The Balaban J connectivity index is 1.91. The molecule has 0 radical (unpaired) electrons. The van der Waals surface area contributed by atoms with Gasteiger partial charge in [0.25, 0.3) is 10.0 Å². The van der Waals surface area contributed by atoms with Gasteiger partial charge in [-0.15, -0.1) is 0 Å². The second-order valence-electron chi connectivity index (χ2n) is 6.33. The predicted molar refractivity (Wildman–Crippen MR) is 110 cm³/mol. The van der Waals surface area contributed by atoms with E-state index in [0.29, 0.717) is 11.4 Å². The summed E-state index contributed by atoms with van der Waals surface area (Å²) in [7, 11) is -0.197. The number of sulfonamides is 1. The molecule has 1 fully saturated rings. The Bertz CT molecular complexity index is 929. The van der Waals surface area contributed by atoms with Crippen molar-refractivity contribution in [3.63, 3.8) is 0 Å². The zero-order valence-corrected chi connectivity index (χ0v) is 17.4. The van der Waals surface area contributed by atoms with Gasteiger partial charge in [0.1, 0.15) is 10.6 Å². The van der Waals surface area contributed by atoms with E-state index in [9.17, 15) is 8.42 Å². The van der Waals surface area contributed by atoms with Crippen LogP contribution in [0.15, 0.2) is 41.3 Å². The maximum Gasteiger partial charge on any atom is 0.263 e. The Morgan fingerprint density at radius 2 is 1.78 bits per heavy atom. The molecule has 2 aromatic rings. The number of piperazine rings is 1. The fourth-order valence-corrected chi connectivity index (χ4v) is 4.76. The van der Waals surface area contributed by atoms with Crippen molar-refractivity contribution in [2.45, 2.75) is 4.90 Å². The largest absolute Gasteiger partial charge is 0.495 e. The second kappa shape index (κ2) is 8.14. The maximum atomic E-state index is 12.8. The average Bonchev–Trinajstić information content (AvgIpc) is 2.64. The Hall–Kier alpha value is -1.67. The van der Waals surface area contributed by atoms with Crippen LogP contribution in [0.5, 0.6) is 5.75 Å². The highest BCUT2D eigenvalue weighted by Crippen LogP contribution is 2.34. The molecule has 0 spiro atoms. The summed E-state index contributed by atoms with van der Waals surface area (Å²) in [6, 6.07) is 9.70. The van der Waals surface area contributed by atoms with Gasteiger partial charge in [0.05, 0.1) is 28.5 Å². The topological polar surface area (TPSA) is 61.9 Å². The number of halogens is 2. The molecule has 0 saturated carbocycles. The molecule has 3 rings (SSSR count). The minimum atomic E-state index is -3.88. The smallest absolute Gasteiger partial charge is 0.263 e.